The van der Waals surface area contributed by atoms with Crippen LogP contribution in [0.5, 0.6) is 0 Å². The van der Waals surface area contributed by atoms with Gasteiger partial charge in [0, 0.05) is 31.0 Å². The summed E-state index contributed by atoms with van der Waals surface area (Å²) in [5, 5.41) is 12.6. The van der Waals surface area contributed by atoms with E-state index in [1.165, 1.54) is 12.3 Å². The molecule has 1 saturated heterocycles. The lowest BCUT2D eigenvalue weighted by Gasteiger charge is -2.18. The summed E-state index contributed by atoms with van der Waals surface area (Å²) in [6.07, 6.45) is 7.06. The average Bonchev–Trinajstić information content (AvgIpc) is 3.28. The Hall–Kier alpha value is -4.06. The minimum absolute atomic E-state index is 0.179. The molecule has 3 N–H and O–H groups in total. The Morgan fingerprint density at radius 3 is 2.66 bits per heavy atom. The van der Waals surface area contributed by atoms with Crippen molar-refractivity contribution < 1.29 is 4.79 Å². The minimum Gasteiger partial charge on any atom is -0.364 e. The van der Waals surface area contributed by atoms with Gasteiger partial charge in [0.15, 0.2) is 0 Å². The number of nitrogens with one attached hydrogen (secondary N) is 1. The number of nitrogens with two attached hydrogens (primary N) is 1. The fourth-order valence-electron chi connectivity index (χ4n) is 3.18. The van der Waals surface area contributed by atoms with Crippen molar-refractivity contribution in [3.05, 3.63) is 54.1 Å². The van der Waals surface area contributed by atoms with Gasteiger partial charge in [0.05, 0.1) is 23.1 Å². The molecular weight excluding hydrogens is 368 g/mol. The van der Waals surface area contributed by atoms with Crippen molar-refractivity contribution in [3.8, 4) is 17.3 Å². The van der Waals surface area contributed by atoms with Crippen LogP contribution in [0.15, 0.2) is 42.9 Å². The second-order valence-electron chi connectivity index (χ2n) is 6.59. The number of aromatic nitrogens is 4. The van der Waals surface area contributed by atoms with Crippen LogP contribution in [0.2, 0.25) is 0 Å². The van der Waals surface area contributed by atoms with Gasteiger partial charge in [0.1, 0.15) is 17.6 Å². The summed E-state index contributed by atoms with van der Waals surface area (Å²) in [5.41, 5.74) is 7.90. The Morgan fingerprint density at radius 1 is 1.14 bits per heavy atom. The molecule has 0 saturated carbocycles. The zero-order chi connectivity index (χ0) is 20.2. The van der Waals surface area contributed by atoms with Gasteiger partial charge in [-0.1, -0.05) is 0 Å². The molecule has 1 aliphatic heterocycles. The van der Waals surface area contributed by atoms with Crippen LogP contribution in [0.4, 0.5) is 17.5 Å². The Kier molecular flexibility index (Phi) is 4.99. The number of rotatable bonds is 5. The average molecular weight is 386 g/mol. The number of primary amides is 1. The van der Waals surface area contributed by atoms with Crippen LogP contribution in [-0.2, 0) is 0 Å². The maximum absolute atomic E-state index is 11.1. The van der Waals surface area contributed by atoms with Gasteiger partial charge in [-0.2, -0.15) is 5.26 Å². The Balaban J connectivity index is 1.58. The number of carbonyl (C=O) groups is 1. The molecule has 144 valence electrons. The van der Waals surface area contributed by atoms with Crippen LogP contribution in [-0.4, -0.2) is 38.9 Å². The fraction of sp³-hybridized carbons (Fsp3) is 0.200. The topological polar surface area (TPSA) is 134 Å². The Morgan fingerprint density at radius 2 is 1.97 bits per heavy atom. The summed E-state index contributed by atoms with van der Waals surface area (Å²) < 4.78 is 0. The first-order chi connectivity index (χ1) is 14.1. The molecule has 0 radical (unpaired) electrons. The van der Waals surface area contributed by atoms with E-state index in [2.05, 4.69) is 36.2 Å². The van der Waals surface area contributed by atoms with Crippen molar-refractivity contribution in [1.29, 1.82) is 5.26 Å². The Bertz CT molecular complexity index is 1080. The third-order valence-corrected chi connectivity index (χ3v) is 4.62. The first kappa shape index (κ1) is 18.3. The second kappa shape index (κ2) is 7.90. The summed E-state index contributed by atoms with van der Waals surface area (Å²) in [6.45, 7) is 1.84. The fourth-order valence-corrected chi connectivity index (χ4v) is 3.18. The smallest absolute Gasteiger partial charge is 0.267 e. The molecule has 4 rings (SSSR count). The molecule has 3 aromatic rings. The number of hydrogen-bond donors (Lipinski definition) is 2. The molecular formula is C20H18N8O. The molecule has 9 nitrogen and oxygen atoms in total. The number of pyridine rings is 2. The highest BCUT2D eigenvalue weighted by Gasteiger charge is 2.18. The lowest BCUT2D eigenvalue weighted by atomic mass is 10.1. The van der Waals surface area contributed by atoms with Gasteiger partial charge < -0.3 is 16.0 Å². The van der Waals surface area contributed by atoms with E-state index in [1.807, 2.05) is 0 Å². The van der Waals surface area contributed by atoms with Crippen molar-refractivity contribution in [2.45, 2.75) is 12.8 Å². The van der Waals surface area contributed by atoms with Crippen LogP contribution in [0.3, 0.4) is 0 Å². The summed E-state index contributed by atoms with van der Waals surface area (Å²) in [6, 6.07) is 8.99. The summed E-state index contributed by atoms with van der Waals surface area (Å²) in [7, 11) is 0. The second-order valence-corrected chi connectivity index (χ2v) is 6.59. The maximum atomic E-state index is 11.1. The molecule has 0 unspecified atom stereocenters. The van der Waals surface area contributed by atoms with Crippen molar-refractivity contribution >= 4 is 23.4 Å². The molecule has 0 bridgehead atoms. The van der Waals surface area contributed by atoms with Gasteiger partial charge in [0.2, 0.25) is 5.95 Å². The lowest BCUT2D eigenvalue weighted by Crippen LogP contribution is -2.20. The van der Waals surface area contributed by atoms with E-state index < -0.39 is 5.91 Å². The van der Waals surface area contributed by atoms with Crippen LogP contribution in [0, 0.1) is 11.3 Å². The molecule has 1 amide bonds. The van der Waals surface area contributed by atoms with E-state index in [1.54, 1.807) is 30.6 Å². The third kappa shape index (κ3) is 3.96. The van der Waals surface area contributed by atoms with E-state index in [4.69, 9.17) is 5.73 Å². The number of nitrogens with zero attached hydrogens (tertiary/aromatic N) is 6. The molecule has 3 aromatic heterocycles. The molecule has 1 aliphatic rings. The highest BCUT2D eigenvalue weighted by atomic mass is 16.1. The molecule has 1 fully saturated rings. The van der Waals surface area contributed by atoms with Crippen LogP contribution in [0.25, 0.3) is 11.3 Å². The van der Waals surface area contributed by atoms with E-state index in [-0.39, 0.29) is 5.69 Å². The highest BCUT2D eigenvalue weighted by molar-refractivity contribution is 5.90. The summed E-state index contributed by atoms with van der Waals surface area (Å²) >= 11 is 0. The first-order valence-electron chi connectivity index (χ1n) is 9.15. The van der Waals surface area contributed by atoms with Crippen molar-refractivity contribution in [1.82, 2.24) is 19.9 Å². The van der Waals surface area contributed by atoms with Crippen LogP contribution in [0.1, 0.15) is 28.9 Å². The van der Waals surface area contributed by atoms with Gasteiger partial charge >= 0.3 is 0 Å². The highest BCUT2D eigenvalue weighted by Crippen LogP contribution is 2.26. The molecule has 0 aliphatic carbocycles. The predicted octanol–water partition coefficient (Wildman–Crippen LogP) is 2.25. The maximum Gasteiger partial charge on any atom is 0.267 e. The normalized spacial score (nSPS) is 13.1. The number of hydrogen-bond acceptors (Lipinski definition) is 8. The molecule has 9 heteroatoms. The molecule has 29 heavy (non-hydrogen) atoms. The number of nitriles is 1. The first-order valence-corrected chi connectivity index (χ1v) is 9.15. The van der Waals surface area contributed by atoms with Crippen molar-refractivity contribution in [2.75, 3.05) is 23.3 Å². The number of anilines is 3. The van der Waals surface area contributed by atoms with E-state index in [0.29, 0.717) is 22.9 Å². The summed E-state index contributed by atoms with van der Waals surface area (Å²) in [5.74, 6) is 0.494. The predicted molar refractivity (Wildman–Crippen MR) is 107 cm³/mol. The third-order valence-electron chi connectivity index (χ3n) is 4.62. The van der Waals surface area contributed by atoms with Crippen molar-refractivity contribution in [2.24, 2.45) is 5.73 Å². The molecule has 0 atom stereocenters. The van der Waals surface area contributed by atoms with Gasteiger partial charge in [-0.3, -0.25) is 4.79 Å². The standard InChI is InChI=1S/C20H18N8O/c21-10-13-9-14(11-25-19(13)28-7-1-2-8-28)16-5-6-23-20(27-16)26-15-3-4-17(18(22)29)24-12-15/h3-6,9,11-12H,1-2,7-8H2,(H2,22,29)(H,23,26,27). The molecule has 4 heterocycles. The van der Waals surface area contributed by atoms with E-state index in [0.717, 1.165) is 37.3 Å². The zero-order valence-electron chi connectivity index (χ0n) is 15.5. The summed E-state index contributed by atoms with van der Waals surface area (Å²) in [4.78, 5) is 30.4. The lowest BCUT2D eigenvalue weighted by molar-refractivity contribution is 0.0995. The number of amides is 1. The number of carbonyl (C=O) groups excluding carboxylic acids is 1. The van der Waals surface area contributed by atoms with Gasteiger partial charge in [-0.15, -0.1) is 0 Å². The van der Waals surface area contributed by atoms with Crippen molar-refractivity contribution in [3.63, 3.8) is 0 Å². The molecule has 0 spiro atoms. The van der Waals surface area contributed by atoms with Crippen LogP contribution < -0.4 is 16.0 Å². The molecule has 0 aromatic carbocycles. The van der Waals surface area contributed by atoms with Crippen LogP contribution >= 0.6 is 0 Å². The zero-order valence-corrected chi connectivity index (χ0v) is 15.5. The van der Waals surface area contributed by atoms with Gasteiger partial charge in [-0.05, 0) is 37.1 Å². The van der Waals surface area contributed by atoms with E-state index >= 15 is 0 Å². The largest absolute Gasteiger partial charge is 0.364 e. The quantitative estimate of drug-likeness (QED) is 0.682. The monoisotopic (exact) mass is 386 g/mol. The van der Waals surface area contributed by atoms with Gasteiger partial charge in [0.25, 0.3) is 5.91 Å². The SMILES string of the molecule is N#Cc1cc(-c2ccnc(Nc3ccc(C(N)=O)nc3)n2)cnc1N1CCCC1. The van der Waals surface area contributed by atoms with Gasteiger partial charge in [-0.25, -0.2) is 19.9 Å². The van der Waals surface area contributed by atoms with E-state index in [9.17, 15) is 10.1 Å². The Labute approximate surface area is 167 Å². The minimum atomic E-state index is -0.590.